The highest BCUT2D eigenvalue weighted by molar-refractivity contribution is 6.04. The van der Waals surface area contributed by atoms with Gasteiger partial charge in [0.05, 0.1) is 10.3 Å². The van der Waals surface area contributed by atoms with E-state index in [1.165, 1.54) is 6.07 Å². The normalized spacial score (nSPS) is 44.1. The van der Waals surface area contributed by atoms with E-state index in [0.29, 0.717) is 23.8 Å². The molecular formula is C37H49NO5. The largest absolute Gasteiger partial charge is 0.481 e. The highest BCUT2D eigenvalue weighted by Crippen LogP contribution is 2.77. The monoisotopic (exact) mass is 587 g/mol. The van der Waals surface area contributed by atoms with Gasteiger partial charge in [0.15, 0.2) is 5.78 Å². The van der Waals surface area contributed by atoms with Crippen LogP contribution in [0.1, 0.15) is 105 Å². The van der Waals surface area contributed by atoms with E-state index in [0.717, 1.165) is 62.5 Å². The molecule has 9 atom stereocenters. The third kappa shape index (κ3) is 3.96. The molecule has 5 aliphatic carbocycles. The molecule has 232 valence electrons. The standard InChI is InChI=1S/C37H49NO5/c1-22(2)26-13-16-37(32(40)41)18-17-35(6)27(30(26)37)11-12-29-34(5)21-24(19-23-9-8-10-25(20-23)38(42)43)31(39)33(3,4)28(34)14-15-36(29,35)7/h8-10,19-20,26-30H,1,11-18,21H2,2-7H3,(H,40,41)/t26-,27+,28?,29+,30?,34-,35+,36+,37-/m0/s1. The Morgan fingerprint density at radius 3 is 2.37 bits per heavy atom. The topological polar surface area (TPSA) is 97.5 Å². The van der Waals surface area contributed by atoms with Crippen molar-refractivity contribution in [3.63, 3.8) is 0 Å². The molecule has 0 aromatic heterocycles. The van der Waals surface area contributed by atoms with Gasteiger partial charge in [-0.1, -0.05) is 58.9 Å². The van der Waals surface area contributed by atoms with Crippen LogP contribution in [0.3, 0.4) is 0 Å². The predicted octanol–water partition coefficient (Wildman–Crippen LogP) is 8.90. The molecule has 6 nitrogen and oxygen atoms in total. The Hall–Kier alpha value is -2.76. The van der Waals surface area contributed by atoms with Gasteiger partial charge in [-0.3, -0.25) is 19.7 Å². The number of carbonyl (C=O) groups excluding carboxylic acids is 1. The number of carbonyl (C=O) groups is 2. The fourth-order valence-electron chi connectivity index (χ4n) is 12.4. The van der Waals surface area contributed by atoms with Crippen LogP contribution in [-0.2, 0) is 9.59 Å². The van der Waals surface area contributed by atoms with Gasteiger partial charge in [0, 0.05) is 17.5 Å². The summed E-state index contributed by atoms with van der Waals surface area (Å²) < 4.78 is 0. The lowest BCUT2D eigenvalue weighted by Crippen LogP contribution is -2.67. The van der Waals surface area contributed by atoms with Crippen LogP contribution in [0, 0.1) is 66.8 Å². The van der Waals surface area contributed by atoms with Gasteiger partial charge < -0.3 is 5.11 Å². The maximum absolute atomic E-state index is 14.1. The van der Waals surface area contributed by atoms with Crippen LogP contribution in [-0.4, -0.2) is 21.8 Å². The Morgan fingerprint density at radius 2 is 1.72 bits per heavy atom. The number of hydrogen-bond acceptors (Lipinski definition) is 4. The molecule has 0 aliphatic heterocycles. The fraction of sp³-hybridized carbons (Fsp3) is 0.676. The van der Waals surface area contributed by atoms with Crippen LogP contribution in [0.15, 0.2) is 42.0 Å². The predicted molar refractivity (Wildman–Crippen MR) is 168 cm³/mol. The van der Waals surface area contributed by atoms with Crippen LogP contribution >= 0.6 is 0 Å². The third-order valence-electron chi connectivity index (χ3n) is 14.5. The minimum absolute atomic E-state index is 0.0150. The van der Waals surface area contributed by atoms with Crippen LogP contribution in [0.5, 0.6) is 0 Å². The molecule has 1 aromatic rings. The zero-order valence-electron chi connectivity index (χ0n) is 26.9. The van der Waals surface area contributed by atoms with Crippen LogP contribution in [0.4, 0.5) is 5.69 Å². The molecule has 0 radical (unpaired) electrons. The summed E-state index contributed by atoms with van der Waals surface area (Å²) in [4.78, 5) is 38.1. The molecule has 0 amide bonds. The van der Waals surface area contributed by atoms with Crippen molar-refractivity contribution in [2.24, 2.45) is 56.7 Å². The highest BCUT2D eigenvalue weighted by atomic mass is 16.6. The number of fused-ring (bicyclic) bond motifs is 7. The number of nitro benzene ring substituents is 1. The molecule has 0 saturated heterocycles. The van der Waals surface area contributed by atoms with Gasteiger partial charge in [0.2, 0.25) is 0 Å². The number of ketones is 1. The van der Waals surface area contributed by atoms with Crippen molar-refractivity contribution in [2.45, 2.75) is 99.3 Å². The summed E-state index contributed by atoms with van der Waals surface area (Å²) in [5, 5.41) is 22.1. The number of Topliss-reactive ketones (excluding diaryl/α,β-unsaturated/α-hetero) is 1. The quantitative estimate of drug-likeness (QED) is 0.164. The van der Waals surface area contributed by atoms with E-state index < -0.39 is 16.8 Å². The maximum atomic E-state index is 14.1. The van der Waals surface area contributed by atoms with Crippen molar-refractivity contribution < 1.29 is 19.6 Å². The Morgan fingerprint density at radius 1 is 1.00 bits per heavy atom. The lowest BCUT2D eigenvalue weighted by Gasteiger charge is -2.72. The molecule has 43 heavy (non-hydrogen) atoms. The van der Waals surface area contributed by atoms with E-state index in [1.54, 1.807) is 12.1 Å². The SMILES string of the molecule is C=C(C)[C@@H]1CC[C@]2(C(=O)O)CC[C@]3(C)[C@H](CC[C@@H]4[C@@]5(C)CC(=Cc6cccc([N+](=O)[O-])c6)C(=O)C(C)(C)C5CC[C@]43C)C12. The van der Waals surface area contributed by atoms with Gasteiger partial charge in [0.25, 0.3) is 5.69 Å². The number of nitrogens with zero attached hydrogens (tertiary/aromatic N) is 1. The molecule has 1 aromatic carbocycles. The molecule has 0 heterocycles. The number of aliphatic carboxylic acids is 1. The number of allylic oxidation sites excluding steroid dienone is 2. The first-order valence-corrected chi connectivity index (χ1v) is 16.4. The van der Waals surface area contributed by atoms with Crippen LogP contribution in [0.25, 0.3) is 6.08 Å². The Kier molecular flexibility index (Phi) is 6.77. The van der Waals surface area contributed by atoms with Crippen molar-refractivity contribution in [1.82, 2.24) is 0 Å². The molecule has 5 aliphatic rings. The van der Waals surface area contributed by atoms with Crippen LogP contribution in [0.2, 0.25) is 0 Å². The number of carboxylic acids is 1. The summed E-state index contributed by atoms with van der Waals surface area (Å²) in [5.41, 5.74) is 1.45. The number of rotatable bonds is 4. The average molecular weight is 588 g/mol. The van der Waals surface area contributed by atoms with E-state index in [4.69, 9.17) is 0 Å². The molecule has 5 fully saturated rings. The van der Waals surface area contributed by atoms with Gasteiger partial charge in [-0.05, 0) is 128 Å². The molecule has 5 saturated carbocycles. The van der Waals surface area contributed by atoms with Crippen molar-refractivity contribution in [3.8, 4) is 0 Å². The van der Waals surface area contributed by atoms with Crippen molar-refractivity contribution >= 4 is 23.5 Å². The Balaban J connectivity index is 1.41. The van der Waals surface area contributed by atoms with Crippen LogP contribution < -0.4 is 0 Å². The molecule has 6 rings (SSSR count). The Bertz CT molecular complexity index is 1440. The molecule has 6 heteroatoms. The van der Waals surface area contributed by atoms with Crippen molar-refractivity contribution in [2.75, 3.05) is 0 Å². The first-order chi connectivity index (χ1) is 20.0. The van der Waals surface area contributed by atoms with E-state index >= 15 is 0 Å². The summed E-state index contributed by atoms with van der Waals surface area (Å²) in [6.07, 6.45) is 10.1. The van der Waals surface area contributed by atoms with E-state index in [1.807, 2.05) is 12.1 Å². The number of nitro groups is 1. The highest BCUT2D eigenvalue weighted by Gasteiger charge is 2.72. The second-order valence-corrected chi connectivity index (χ2v) is 16.4. The second-order valence-electron chi connectivity index (χ2n) is 16.4. The van der Waals surface area contributed by atoms with Gasteiger partial charge in [-0.2, -0.15) is 0 Å². The summed E-state index contributed by atoms with van der Waals surface area (Å²) in [6, 6.07) is 6.59. The first-order valence-electron chi connectivity index (χ1n) is 16.4. The van der Waals surface area contributed by atoms with Gasteiger partial charge in [-0.25, -0.2) is 0 Å². The van der Waals surface area contributed by atoms with Crippen molar-refractivity contribution in [1.29, 1.82) is 0 Å². The summed E-state index contributed by atoms with van der Waals surface area (Å²) in [7, 11) is 0. The number of benzene rings is 1. The molecule has 2 unspecified atom stereocenters. The first kappa shape index (κ1) is 30.3. The molecular weight excluding hydrogens is 538 g/mol. The minimum Gasteiger partial charge on any atom is -0.481 e. The average Bonchev–Trinajstić information content (AvgIpc) is 3.34. The number of carboxylic acid groups (broad SMARTS) is 1. The number of hydrogen-bond donors (Lipinski definition) is 1. The lowest BCUT2D eigenvalue weighted by atomic mass is 9.32. The van der Waals surface area contributed by atoms with E-state index in [9.17, 15) is 24.8 Å². The zero-order valence-corrected chi connectivity index (χ0v) is 26.9. The van der Waals surface area contributed by atoms with Gasteiger partial charge in [0.1, 0.15) is 0 Å². The maximum Gasteiger partial charge on any atom is 0.309 e. The van der Waals surface area contributed by atoms with Gasteiger partial charge >= 0.3 is 5.97 Å². The third-order valence-corrected chi connectivity index (χ3v) is 14.5. The fourth-order valence-corrected chi connectivity index (χ4v) is 12.4. The summed E-state index contributed by atoms with van der Waals surface area (Å²) in [5.74, 6) is 0.980. The number of non-ortho nitro benzene ring substituents is 1. The summed E-state index contributed by atoms with van der Waals surface area (Å²) in [6.45, 7) is 18.1. The molecule has 0 spiro atoms. The molecule has 1 N–H and O–H groups in total. The second kappa shape index (κ2) is 9.62. The van der Waals surface area contributed by atoms with Crippen molar-refractivity contribution in [3.05, 3.63) is 57.7 Å². The lowest BCUT2D eigenvalue weighted by molar-refractivity contribution is -0.384. The van der Waals surface area contributed by atoms with E-state index in [2.05, 4.69) is 48.1 Å². The smallest absolute Gasteiger partial charge is 0.309 e. The van der Waals surface area contributed by atoms with E-state index in [-0.39, 0.29) is 50.4 Å². The van der Waals surface area contributed by atoms with Gasteiger partial charge in [-0.15, -0.1) is 0 Å². The Labute approximate surface area is 256 Å². The minimum atomic E-state index is -0.633. The molecule has 0 bridgehead atoms. The summed E-state index contributed by atoms with van der Waals surface area (Å²) >= 11 is 0. The zero-order chi connectivity index (χ0) is 31.3.